The highest BCUT2D eigenvalue weighted by atomic mass is 16.4. The molecule has 0 saturated heterocycles. The molecule has 4 nitrogen and oxygen atoms in total. The van der Waals surface area contributed by atoms with E-state index in [0.29, 0.717) is 0 Å². The largest absolute Gasteiger partial charge is 0.465 e. The number of aliphatic hydroxyl groups excluding tert-OH is 1. The van der Waals surface area contributed by atoms with Crippen molar-refractivity contribution in [2.24, 2.45) is 5.92 Å². The molecule has 4 heteroatoms. The maximum atomic E-state index is 11.1. The van der Waals surface area contributed by atoms with Crippen molar-refractivity contribution in [3.8, 4) is 0 Å². The Labute approximate surface area is 113 Å². The molecule has 0 radical (unpaired) electrons. The van der Waals surface area contributed by atoms with E-state index in [1.165, 1.54) is 0 Å². The fraction of sp³-hybridized carbons (Fsp3) is 0.533. The van der Waals surface area contributed by atoms with Gasteiger partial charge in [-0.2, -0.15) is 0 Å². The summed E-state index contributed by atoms with van der Waals surface area (Å²) in [4.78, 5) is 11.1. The van der Waals surface area contributed by atoms with Crippen LogP contribution >= 0.6 is 0 Å². The lowest BCUT2D eigenvalue weighted by atomic mass is 9.71. The average molecular weight is 263 g/mol. The molecule has 1 aromatic carbocycles. The summed E-state index contributed by atoms with van der Waals surface area (Å²) >= 11 is 0. The predicted octanol–water partition coefficient (Wildman–Crippen LogP) is 2.72. The quantitative estimate of drug-likeness (QED) is 0.785. The highest BCUT2D eigenvalue weighted by molar-refractivity contribution is 5.66. The van der Waals surface area contributed by atoms with E-state index in [0.717, 1.165) is 31.2 Å². The van der Waals surface area contributed by atoms with Gasteiger partial charge in [-0.1, -0.05) is 30.3 Å². The van der Waals surface area contributed by atoms with E-state index in [2.05, 4.69) is 5.32 Å². The van der Waals surface area contributed by atoms with E-state index in [9.17, 15) is 9.90 Å². The fourth-order valence-electron chi connectivity index (χ4n) is 3.07. The zero-order valence-corrected chi connectivity index (χ0v) is 11.2. The molecule has 1 fully saturated rings. The molecular weight excluding hydrogens is 242 g/mol. The van der Waals surface area contributed by atoms with Crippen LogP contribution in [-0.2, 0) is 5.54 Å². The van der Waals surface area contributed by atoms with Crippen LogP contribution in [0.4, 0.5) is 4.79 Å². The molecule has 0 heterocycles. The van der Waals surface area contributed by atoms with Gasteiger partial charge in [0.15, 0.2) is 0 Å². The van der Waals surface area contributed by atoms with Gasteiger partial charge in [-0.3, -0.25) is 0 Å². The summed E-state index contributed by atoms with van der Waals surface area (Å²) in [5.74, 6) is 0.217. The normalized spacial score (nSPS) is 26.4. The highest BCUT2D eigenvalue weighted by Gasteiger charge is 2.39. The van der Waals surface area contributed by atoms with Gasteiger partial charge in [0.1, 0.15) is 0 Å². The molecule has 1 unspecified atom stereocenters. The highest BCUT2D eigenvalue weighted by Crippen LogP contribution is 2.39. The van der Waals surface area contributed by atoms with Crippen LogP contribution in [0.15, 0.2) is 30.3 Å². The maximum Gasteiger partial charge on any atom is 0.405 e. The van der Waals surface area contributed by atoms with Crippen molar-refractivity contribution in [1.82, 2.24) is 5.32 Å². The van der Waals surface area contributed by atoms with Gasteiger partial charge in [-0.05, 0) is 44.1 Å². The predicted molar refractivity (Wildman–Crippen MR) is 72.9 cm³/mol. The van der Waals surface area contributed by atoms with Crippen LogP contribution in [0.25, 0.3) is 0 Å². The monoisotopic (exact) mass is 263 g/mol. The topological polar surface area (TPSA) is 69.6 Å². The van der Waals surface area contributed by atoms with Crippen molar-refractivity contribution in [3.05, 3.63) is 35.9 Å². The summed E-state index contributed by atoms with van der Waals surface area (Å²) in [5, 5.41) is 21.4. The van der Waals surface area contributed by atoms with E-state index in [1.54, 1.807) is 0 Å². The number of nitrogens with one attached hydrogen (secondary N) is 1. The third kappa shape index (κ3) is 3.07. The first-order valence-corrected chi connectivity index (χ1v) is 6.77. The van der Waals surface area contributed by atoms with E-state index < -0.39 is 11.6 Å². The first-order chi connectivity index (χ1) is 9.02. The number of carbonyl (C=O) groups is 1. The lowest BCUT2D eigenvalue weighted by molar-refractivity contribution is 0.0737. The Morgan fingerprint density at radius 1 is 1.21 bits per heavy atom. The third-order valence-corrected chi connectivity index (χ3v) is 4.25. The Kier molecular flexibility index (Phi) is 4.10. The Balaban J connectivity index is 2.27. The van der Waals surface area contributed by atoms with Gasteiger partial charge >= 0.3 is 6.09 Å². The Bertz CT molecular complexity index is 426. The summed E-state index contributed by atoms with van der Waals surface area (Å²) in [7, 11) is 0. The molecule has 0 bridgehead atoms. The smallest absolute Gasteiger partial charge is 0.405 e. The Morgan fingerprint density at radius 2 is 1.79 bits per heavy atom. The molecule has 2 rings (SSSR count). The van der Waals surface area contributed by atoms with E-state index in [1.807, 2.05) is 37.3 Å². The molecule has 3 N–H and O–H groups in total. The zero-order valence-electron chi connectivity index (χ0n) is 11.2. The van der Waals surface area contributed by atoms with Crippen LogP contribution in [0, 0.1) is 5.92 Å². The summed E-state index contributed by atoms with van der Waals surface area (Å²) in [6, 6.07) is 9.70. The first kappa shape index (κ1) is 13.9. The molecular formula is C15H21NO3. The lowest BCUT2D eigenvalue weighted by Crippen LogP contribution is -2.49. The number of amides is 1. The minimum absolute atomic E-state index is 0.217. The van der Waals surface area contributed by atoms with Gasteiger partial charge in [-0.15, -0.1) is 0 Å². The van der Waals surface area contributed by atoms with Gasteiger partial charge < -0.3 is 15.5 Å². The molecule has 1 saturated carbocycles. The van der Waals surface area contributed by atoms with Crippen molar-refractivity contribution >= 4 is 6.09 Å². The third-order valence-electron chi connectivity index (χ3n) is 4.25. The minimum Gasteiger partial charge on any atom is -0.465 e. The second-order valence-corrected chi connectivity index (χ2v) is 5.50. The molecule has 1 aromatic rings. The molecule has 19 heavy (non-hydrogen) atoms. The molecule has 1 amide bonds. The zero-order chi connectivity index (χ0) is 13.9. The minimum atomic E-state index is -1.00. The van der Waals surface area contributed by atoms with Crippen LogP contribution in [0.2, 0.25) is 0 Å². The molecule has 0 aliphatic heterocycles. The molecule has 1 aliphatic carbocycles. The fourth-order valence-corrected chi connectivity index (χ4v) is 3.07. The van der Waals surface area contributed by atoms with E-state index in [-0.39, 0.29) is 12.0 Å². The van der Waals surface area contributed by atoms with Crippen LogP contribution in [0.5, 0.6) is 0 Å². The second kappa shape index (κ2) is 5.61. The van der Waals surface area contributed by atoms with E-state index in [4.69, 9.17) is 5.11 Å². The van der Waals surface area contributed by atoms with Crippen LogP contribution in [0.3, 0.4) is 0 Å². The number of rotatable bonds is 3. The first-order valence-electron chi connectivity index (χ1n) is 6.77. The van der Waals surface area contributed by atoms with Crippen LogP contribution in [0.1, 0.15) is 38.2 Å². The van der Waals surface area contributed by atoms with Crippen molar-refractivity contribution in [2.75, 3.05) is 0 Å². The van der Waals surface area contributed by atoms with Crippen molar-refractivity contribution in [1.29, 1.82) is 0 Å². The second-order valence-electron chi connectivity index (χ2n) is 5.50. The van der Waals surface area contributed by atoms with Crippen LogP contribution in [-0.4, -0.2) is 22.4 Å². The lowest BCUT2D eigenvalue weighted by Gasteiger charge is -2.41. The van der Waals surface area contributed by atoms with Gasteiger partial charge in [-0.25, -0.2) is 4.79 Å². The standard InChI is InChI=1S/C15H21NO3/c1-15(16-14(18)19,11-5-3-2-4-6-11)12-7-9-13(17)10-8-12/h2-6,12-13,16-17H,7-10H2,1H3,(H,18,19). The molecule has 1 atom stereocenters. The average Bonchev–Trinajstić information content (AvgIpc) is 2.39. The summed E-state index contributed by atoms with van der Waals surface area (Å²) in [6.07, 6.45) is 1.93. The number of hydrogen-bond donors (Lipinski definition) is 3. The van der Waals surface area contributed by atoms with Crippen molar-refractivity contribution in [3.63, 3.8) is 0 Å². The summed E-state index contributed by atoms with van der Waals surface area (Å²) in [5.41, 5.74) is 0.395. The van der Waals surface area contributed by atoms with Crippen molar-refractivity contribution < 1.29 is 15.0 Å². The number of benzene rings is 1. The SMILES string of the molecule is CC(NC(=O)O)(c1ccccc1)C1CCC(O)CC1. The van der Waals surface area contributed by atoms with Gasteiger partial charge in [0.05, 0.1) is 11.6 Å². The van der Waals surface area contributed by atoms with Crippen molar-refractivity contribution in [2.45, 2.75) is 44.2 Å². The van der Waals surface area contributed by atoms with Gasteiger partial charge in [0, 0.05) is 0 Å². The number of hydrogen-bond acceptors (Lipinski definition) is 2. The van der Waals surface area contributed by atoms with Gasteiger partial charge in [0.2, 0.25) is 0 Å². The molecule has 0 spiro atoms. The summed E-state index contributed by atoms with van der Waals surface area (Å²) in [6.45, 7) is 1.94. The van der Waals surface area contributed by atoms with Gasteiger partial charge in [0.25, 0.3) is 0 Å². The Morgan fingerprint density at radius 3 is 2.32 bits per heavy atom. The summed E-state index contributed by atoms with van der Waals surface area (Å²) < 4.78 is 0. The molecule has 0 aromatic heterocycles. The van der Waals surface area contributed by atoms with E-state index >= 15 is 0 Å². The number of aliphatic hydroxyl groups is 1. The number of carboxylic acid groups (broad SMARTS) is 1. The maximum absolute atomic E-state index is 11.1. The molecule has 104 valence electrons. The van der Waals surface area contributed by atoms with Crippen LogP contribution < -0.4 is 5.32 Å². The molecule has 1 aliphatic rings. The Hall–Kier alpha value is -1.55.